The molecule has 86 valence electrons. The molecular formula is C9H6N5O3-. The van der Waals surface area contributed by atoms with Crippen LogP contribution < -0.4 is 5.11 Å². The van der Waals surface area contributed by atoms with Gasteiger partial charge >= 0.3 is 0 Å². The van der Waals surface area contributed by atoms with Crippen molar-refractivity contribution in [1.29, 1.82) is 0 Å². The van der Waals surface area contributed by atoms with Gasteiger partial charge in [0.05, 0.1) is 11.1 Å². The monoisotopic (exact) mass is 232 g/mol. The van der Waals surface area contributed by atoms with E-state index >= 15 is 0 Å². The van der Waals surface area contributed by atoms with E-state index in [1.54, 1.807) is 0 Å². The summed E-state index contributed by atoms with van der Waals surface area (Å²) in [7, 11) is 0. The van der Waals surface area contributed by atoms with Crippen molar-refractivity contribution in [2.24, 2.45) is 5.10 Å². The van der Waals surface area contributed by atoms with E-state index in [1.807, 2.05) is 0 Å². The number of hydrogen-bond acceptors (Lipinski definition) is 6. The minimum Gasteiger partial charge on any atom is -0.872 e. The van der Waals surface area contributed by atoms with Gasteiger partial charge in [-0.1, -0.05) is 11.8 Å². The van der Waals surface area contributed by atoms with E-state index in [4.69, 9.17) is 0 Å². The lowest BCUT2D eigenvalue weighted by atomic mass is 10.2. The van der Waals surface area contributed by atoms with Gasteiger partial charge in [-0.3, -0.25) is 10.1 Å². The molecule has 0 unspecified atom stereocenters. The van der Waals surface area contributed by atoms with Crippen LogP contribution in [0.25, 0.3) is 0 Å². The van der Waals surface area contributed by atoms with E-state index in [-0.39, 0.29) is 17.0 Å². The highest BCUT2D eigenvalue weighted by molar-refractivity contribution is 5.84. The molecule has 0 spiro atoms. The van der Waals surface area contributed by atoms with Crippen LogP contribution in [-0.2, 0) is 0 Å². The Hall–Kier alpha value is -2.77. The van der Waals surface area contributed by atoms with E-state index in [0.717, 1.165) is 23.0 Å². The first-order valence-electron chi connectivity index (χ1n) is 4.51. The summed E-state index contributed by atoms with van der Waals surface area (Å²) in [6, 6.07) is 3.43. The van der Waals surface area contributed by atoms with Gasteiger partial charge in [0.25, 0.3) is 5.69 Å². The Balaban J connectivity index is 2.31. The summed E-state index contributed by atoms with van der Waals surface area (Å²) in [4.78, 5) is 14.7. The highest BCUT2D eigenvalue weighted by Gasteiger charge is 2.05. The zero-order chi connectivity index (χ0) is 12.3. The molecule has 0 atom stereocenters. The van der Waals surface area contributed by atoms with Gasteiger partial charge in [-0.2, -0.15) is 5.10 Å². The van der Waals surface area contributed by atoms with Gasteiger partial charge in [-0.15, -0.1) is 9.89 Å². The molecule has 1 aromatic carbocycles. The van der Waals surface area contributed by atoms with Crippen LogP contribution >= 0.6 is 0 Å². The zero-order valence-corrected chi connectivity index (χ0v) is 8.42. The standard InChI is InChI=1S/C9H7N5O3/c15-9-2-1-8(14(16)17)3-7(9)4-11-13-6-10-5-12-13/h1-6,15H/p-1/b11-4-. The zero-order valence-electron chi connectivity index (χ0n) is 8.42. The van der Waals surface area contributed by atoms with Crippen LogP contribution in [-0.4, -0.2) is 26.0 Å². The number of benzene rings is 1. The maximum Gasteiger partial charge on any atom is 0.270 e. The van der Waals surface area contributed by atoms with E-state index in [1.165, 1.54) is 18.9 Å². The van der Waals surface area contributed by atoms with Crippen LogP contribution in [0.2, 0.25) is 0 Å². The van der Waals surface area contributed by atoms with Crippen LogP contribution in [0.15, 0.2) is 36.0 Å². The third kappa shape index (κ3) is 2.43. The van der Waals surface area contributed by atoms with Crippen molar-refractivity contribution in [2.75, 3.05) is 0 Å². The smallest absolute Gasteiger partial charge is 0.270 e. The average Bonchev–Trinajstić information content (AvgIpc) is 2.80. The lowest BCUT2D eigenvalue weighted by molar-refractivity contribution is -0.385. The predicted octanol–water partition coefficient (Wildman–Crippen LogP) is 0.142. The summed E-state index contributed by atoms with van der Waals surface area (Å²) in [5.74, 6) is -0.348. The summed E-state index contributed by atoms with van der Waals surface area (Å²) < 4.78 is 0. The molecule has 1 heterocycles. The first kappa shape index (κ1) is 10.7. The lowest BCUT2D eigenvalue weighted by Crippen LogP contribution is -1.99. The van der Waals surface area contributed by atoms with Gasteiger partial charge in [0.15, 0.2) is 0 Å². The van der Waals surface area contributed by atoms with E-state index < -0.39 is 4.92 Å². The Bertz CT molecular complexity index is 564. The molecule has 8 heteroatoms. The fourth-order valence-electron chi connectivity index (χ4n) is 1.13. The predicted molar refractivity (Wildman–Crippen MR) is 55.6 cm³/mol. The van der Waals surface area contributed by atoms with E-state index in [0.29, 0.717) is 0 Å². The second-order valence-electron chi connectivity index (χ2n) is 3.04. The molecule has 0 N–H and O–H groups in total. The summed E-state index contributed by atoms with van der Waals surface area (Å²) in [5, 5.41) is 29.4. The number of aromatic nitrogens is 3. The molecule has 8 nitrogen and oxygen atoms in total. The number of nitro benzene ring substituents is 1. The van der Waals surface area contributed by atoms with Gasteiger partial charge < -0.3 is 5.11 Å². The molecular weight excluding hydrogens is 226 g/mol. The van der Waals surface area contributed by atoms with Crippen LogP contribution in [0, 0.1) is 10.1 Å². The molecule has 0 aliphatic carbocycles. The molecule has 2 rings (SSSR count). The molecule has 0 bridgehead atoms. The van der Waals surface area contributed by atoms with Crippen LogP contribution in [0.1, 0.15) is 5.56 Å². The lowest BCUT2D eigenvalue weighted by Gasteiger charge is -2.08. The molecule has 2 aromatic rings. The second kappa shape index (κ2) is 4.39. The number of nitro groups is 1. The Morgan fingerprint density at radius 3 is 2.94 bits per heavy atom. The van der Waals surface area contributed by atoms with Crippen LogP contribution in [0.4, 0.5) is 5.69 Å². The van der Waals surface area contributed by atoms with Crippen molar-refractivity contribution in [3.63, 3.8) is 0 Å². The fraction of sp³-hybridized carbons (Fsp3) is 0. The molecule has 0 aliphatic rings. The first-order chi connectivity index (χ1) is 8.16. The van der Waals surface area contributed by atoms with E-state index in [9.17, 15) is 15.2 Å². The van der Waals surface area contributed by atoms with Crippen molar-refractivity contribution in [3.05, 3.63) is 46.5 Å². The second-order valence-corrected chi connectivity index (χ2v) is 3.04. The van der Waals surface area contributed by atoms with Crippen molar-refractivity contribution in [2.45, 2.75) is 0 Å². The first-order valence-corrected chi connectivity index (χ1v) is 4.51. The van der Waals surface area contributed by atoms with Crippen molar-refractivity contribution in [1.82, 2.24) is 14.9 Å². The minimum absolute atomic E-state index is 0.120. The SMILES string of the molecule is O=[N+]([O-])c1ccc([O-])c(/C=N\n2cncn2)c1. The minimum atomic E-state index is -0.577. The van der Waals surface area contributed by atoms with Gasteiger partial charge in [0, 0.05) is 12.1 Å². The Kier molecular flexibility index (Phi) is 2.77. The topological polar surface area (TPSA) is 109 Å². The summed E-state index contributed by atoms with van der Waals surface area (Å²) in [5.41, 5.74) is -0.0423. The number of rotatable bonds is 3. The Morgan fingerprint density at radius 2 is 2.29 bits per heavy atom. The Labute approximate surface area is 95.0 Å². The third-order valence-corrected chi connectivity index (χ3v) is 1.93. The van der Waals surface area contributed by atoms with Gasteiger partial charge in [0.2, 0.25) is 0 Å². The van der Waals surface area contributed by atoms with Gasteiger partial charge in [0.1, 0.15) is 12.7 Å². The molecule has 1 aromatic heterocycles. The number of non-ortho nitro benzene ring substituents is 1. The van der Waals surface area contributed by atoms with Gasteiger partial charge in [-0.25, -0.2) is 4.98 Å². The molecule has 17 heavy (non-hydrogen) atoms. The third-order valence-electron chi connectivity index (χ3n) is 1.93. The molecule has 0 radical (unpaired) electrons. The normalized spacial score (nSPS) is 10.8. The highest BCUT2D eigenvalue weighted by atomic mass is 16.6. The maximum atomic E-state index is 11.4. The summed E-state index contributed by atoms with van der Waals surface area (Å²) >= 11 is 0. The van der Waals surface area contributed by atoms with Crippen molar-refractivity contribution >= 4 is 11.9 Å². The molecule has 0 amide bonds. The summed E-state index contributed by atoms with van der Waals surface area (Å²) in [6.07, 6.45) is 3.81. The summed E-state index contributed by atoms with van der Waals surface area (Å²) in [6.45, 7) is 0. The highest BCUT2D eigenvalue weighted by Crippen LogP contribution is 2.19. The number of hydrogen-bond donors (Lipinski definition) is 0. The fourth-order valence-corrected chi connectivity index (χ4v) is 1.13. The van der Waals surface area contributed by atoms with Gasteiger partial charge in [-0.05, 0) is 5.56 Å². The Morgan fingerprint density at radius 1 is 1.47 bits per heavy atom. The average molecular weight is 232 g/mol. The maximum absolute atomic E-state index is 11.4. The molecule has 0 saturated heterocycles. The quantitative estimate of drug-likeness (QED) is 0.424. The van der Waals surface area contributed by atoms with Crippen molar-refractivity contribution in [3.8, 4) is 5.75 Å². The number of nitrogens with zero attached hydrogens (tertiary/aromatic N) is 5. The molecule has 0 aliphatic heterocycles. The van der Waals surface area contributed by atoms with Crippen molar-refractivity contribution < 1.29 is 10.0 Å². The molecule has 0 fully saturated rings. The van der Waals surface area contributed by atoms with E-state index in [2.05, 4.69) is 15.2 Å². The van der Waals surface area contributed by atoms with Crippen LogP contribution in [0.5, 0.6) is 5.75 Å². The largest absolute Gasteiger partial charge is 0.872 e. The van der Waals surface area contributed by atoms with Crippen LogP contribution in [0.3, 0.4) is 0 Å². The molecule has 0 saturated carbocycles.